The first kappa shape index (κ1) is 19.3. The summed E-state index contributed by atoms with van der Waals surface area (Å²) in [6, 6.07) is 15.9. The standard InChI is InChI=1S/C21H28O4/c1-3-17(2)16-23-14-15-25-21-10-6-19(7-11-21)18-4-8-20(9-5-18)24-13-12-22/h4-11,17,22H,3,12-16H2,1-2H3. The lowest BCUT2D eigenvalue weighted by atomic mass is 10.1. The highest BCUT2D eigenvalue weighted by Crippen LogP contribution is 2.24. The zero-order chi connectivity index (χ0) is 17.9. The van der Waals surface area contributed by atoms with E-state index in [-0.39, 0.29) is 6.61 Å². The zero-order valence-corrected chi connectivity index (χ0v) is 15.1. The number of rotatable bonds is 11. The fourth-order valence-electron chi connectivity index (χ4n) is 2.27. The molecule has 0 aromatic heterocycles. The van der Waals surface area contributed by atoms with Gasteiger partial charge in [-0.3, -0.25) is 0 Å². The molecule has 136 valence electrons. The molecule has 0 amide bonds. The fraction of sp³-hybridized carbons (Fsp3) is 0.429. The molecule has 4 nitrogen and oxygen atoms in total. The molecule has 0 aliphatic rings. The second kappa shape index (κ2) is 10.7. The van der Waals surface area contributed by atoms with Crippen LogP contribution in [0.15, 0.2) is 48.5 Å². The van der Waals surface area contributed by atoms with Gasteiger partial charge in [-0.15, -0.1) is 0 Å². The van der Waals surface area contributed by atoms with Crippen LogP contribution in [-0.2, 0) is 4.74 Å². The molecular weight excluding hydrogens is 316 g/mol. The third-order valence-corrected chi connectivity index (χ3v) is 4.00. The number of aliphatic hydroxyl groups excluding tert-OH is 1. The molecule has 1 atom stereocenters. The molecule has 0 heterocycles. The van der Waals surface area contributed by atoms with E-state index in [1.54, 1.807) is 0 Å². The summed E-state index contributed by atoms with van der Waals surface area (Å²) in [5.74, 6) is 2.20. The van der Waals surface area contributed by atoms with E-state index in [2.05, 4.69) is 13.8 Å². The van der Waals surface area contributed by atoms with E-state index in [0.717, 1.165) is 35.7 Å². The Morgan fingerprint density at radius 1 is 0.800 bits per heavy atom. The van der Waals surface area contributed by atoms with Crippen molar-refractivity contribution >= 4 is 0 Å². The Morgan fingerprint density at radius 3 is 1.80 bits per heavy atom. The molecular formula is C21H28O4. The van der Waals surface area contributed by atoms with Crippen molar-refractivity contribution in [2.75, 3.05) is 33.0 Å². The highest BCUT2D eigenvalue weighted by Gasteiger charge is 2.01. The van der Waals surface area contributed by atoms with Gasteiger partial charge in [0.15, 0.2) is 0 Å². The summed E-state index contributed by atoms with van der Waals surface area (Å²) in [6.07, 6.45) is 1.14. The molecule has 0 aliphatic heterocycles. The normalized spacial score (nSPS) is 12.0. The van der Waals surface area contributed by atoms with E-state index < -0.39 is 0 Å². The second-order valence-corrected chi connectivity index (χ2v) is 6.06. The minimum Gasteiger partial charge on any atom is -0.491 e. The minimum atomic E-state index is 0.0197. The minimum absolute atomic E-state index is 0.0197. The Hall–Kier alpha value is -2.04. The molecule has 4 heteroatoms. The van der Waals surface area contributed by atoms with Crippen LogP contribution in [0.5, 0.6) is 11.5 Å². The molecule has 0 aliphatic carbocycles. The van der Waals surface area contributed by atoms with Gasteiger partial charge in [0.25, 0.3) is 0 Å². The SMILES string of the molecule is CCC(C)COCCOc1ccc(-c2ccc(OCCO)cc2)cc1. The lowest BCUT2D eigenvalue weighted by molar-refractivity contribution is 0.0771. The van der Waals surface area contributed by atoms with Crippen LogP contribution in [-0.4, -0.2) is 38.1 Å². The van der Waals surface area contributed by atoms with Crippen LogP contribution >= 0.6 is 0 Å². The fourth-order valence-corrected chi connectivity index (χ4v) is 2.27. The maximum absolute atomic E-state index is 8.77. The maximum atomic E-state index is 8.77. The third kappa shape index (κ3) is 6.77. The summed E-state index contributed by atoms with van der Waals surface area (Å²) in [5.41, 5.74) is 2.23. The molecule has 25 heavy (non-hydrogen) atoms. The van der Waals surface area contributed by atoms with Crippen LogP contribution in [0.4, 0.5) is 0 Å². The summed E-state index contributed by atoms with van der Waals surface area (Å²) < 4.78 is 16.7. The third-order valence-electron chi connectivity index (χ3n) is 4.00. The van der Waals surface area contributed by atoms with Crippen molar-refractivity contribution in [2.24, 2.45) is 5.92 Å². The largest absolute Gasteiger partial charge is 0.491 e. The van der Waals surface area contributed by atoms with Gasteiger partial charge in [-0.1, -0.05) is 44.5 Å². The highest BCUT2D eigenvalue weighted by molar-refractivity contribution is 5.64. The van der Waals surface area contributed by atoms with E-state index in [1.165, 1.54) is 0 Å². The monoisotopic (exact) mass is 344 g/mol. The Labute approximate surface area is 150 Å². The van der Waals surface area contributed by atoms with Crippen LogP contribution in [0, 0.1) is 5.92 Å². The lowest BCUT2D eigenvalue weighted by Gasteiger charge is -2.11. The summed E-state index contributed by atoms with van der Waals surface area (Å²) in [5, 5.41) is 8.77. The molecule has 2 aromatic carbocycles. The van der Waals surface area contributed by atoms with E-state index in [4.69, 9.17) is 19.3 Å². The molecule has 1 N–H and O–H groups in total. The Kier molecular flexibility index (Phi) is 8.29. The van der Waals surface area contributed by atoms with E-state index in [0.29, 0.717) is 25.7 Å². The van der Waals surface area contributed by atoms with Gasteiger partial charge in [0.1, 0.15) is 24.7 Å². The molecule has 0 radical (unpaired) electrons. The molecule has 2 rings (SSSR count). The van der Waals surface area contributed by atoms with Gasteiger partial charge >= 0.3 is 0 Å². The van der Waals surface area contributed by atoms with Crippen LogP contribution in [0.3, 0.4) is 0 Å². The summed E-state index contributed by atoms with van der Waals surface area (Å²) in [7, 11) is 0. The Balaban J connectivity index is 1.79. The van der Waals surface area contributed by atoms with Crippen LogP contribution in [0.1, 0.15) is 20.3 Å². The molecule has 0 spiro atoms. The predicted molar refractivity (Wildman–Crippen MR) is 100 cm³/mol. The van der Waals surface area contributed by atoms with E-state index >= 15 is 0 Å². The topological polar surface area (TPSA) is 47.9 Å². The smallest absolute Gasteiger partial charge is 0.119 e. The number of ether oxygens (including phenoxy) is 3. The van der Waals surface area contributed by atoms with Gasteiger partial charge in [0.2, 0.25) is 0 Å². The Bertz CT molecular complexity index is 592. The molecule has 0 fully saturated rings. The average Bonchev–Trinajstić information content (AvgIpc) is 2.67. The van der Waals surface area contributed by atoms with Crippen molar-refractivity contribution in [3.05, 3.63) is 48.5 Å². The number of benzene rings is 2. The summed E-state index contributed by atoms with van der Waals surface area (Å²) in [6.45, 7) is 6.65. The quantitative estimate of drug-likeness (QED) is 0.622. The van der Waals surface area contributed by atoms with E-state index in [9.17, 15) is 0 Å². The predicted octanol–water partition coefficient (Wildman–Crippen LogP) is 4.17. The van der Waals surface area contributed by atoms with Crippen molar-refractivity contribution in [1.29, 1.82) is 0 Å². The molecule has 0 saturated carbocycles. The van der Waals surface area contributed by atoms with Crippen molar-refractivity contribution in [2.45, 2.75) is 20.3 Å². The number of hydrogen-bond donors (Lipinski definition) is 1. The molecule has 0 bridgehead atoms. The van der Waals surface area contributed by atoms with Gasteiger partial charge < -0.3 is 19.3 Å². The Morgan fingerprint density at radius 2 is 1.32 bits per heavy atom. The molecule has 2 aromatic rings. The summed E-state index contributed by atoms with van der Waals surface area (Å²) >= 11 is 0. The first-order valence-corrected chi connectivity index (χ1v) is 8.87. The summed E-state index contributed by atoms with van der Waals surface area (Å²) in [4.78, 5) is 0. The van der Waals surface area contributed by atoms with Crippen LogP contribution in [0.2, 0.25) is 0 Å². The average molecular weight is 344 g/mol. The number of hydrogen-bond acceptors (Lipinski definition) is 4. The first-order valence-electron chi connectivity index (χ1n) is 8.87. The van der Waals surface area contributed by atoms with Gasteiger partial charge in [0, 0.05) is 6.61 Å². The maximum Gasteiger partial charge on any atom is 0.119 e. The van der Waals surface area contributed by atoms with Gasteiger partial charge in [-0.05, 0) is 41.3 Å². The lowest BCUT2D eigenvalue weighted by Crippen LogP contribution is -2.11. The van der Waals surface area contributed by atoms with Crippen molar-refractivity contribution in [1.82, 2.24) is 0 Å². The molecule has 1 unspecified atom stereocenters. The van der Waals surface area contributed by atoms with Crippen molar-refractivity contribution in [3.63, 3.8) is 0 Å². The van der Waals surface area contributed by atoms with Gasteiger partial charge in [0.05, 0.1) is 13.2 Å². The van der Waals surface area contributed by atoms with Crippen molar-refractivity contribution in [3.8, 4) is 22.6 Å². The van der Waals surface area contributed by atoms with Gasteiger partial charge in [-0.25, -0.2) is 0 Å². The zero-order valence-electron chi connectivity index (χ0n) is 15.1. The van der Waals surface area contributed by atoms with Crippen LogP contribution in [0.25, 0.3) is 11.1 Å². The van der Waals surface area contributed by atoms with Crippen molar-refractivity contribution < 1.29 is 19.3 Å². The first-order chi connectivity index (χ1) is 12.2. The number of aliphatic hydroxyl groups is 1. The van der Waals surface area contributed by atoms with Crippen LogP contribution < -0.4 is 9.47 Å². The van der Waals surface area contributed by atoms with Gasteiger partial charge in [-0.2, -0.15) is 0 Å². The second-order valence-electron chi connectivity index (χ2n) is 6.06. The van der Waals surface area contributed by atoms with E-state index in [1.807, 2.05) is 48.5 Å². The highest BCUT2D eigenvalue weighted by atomic mass is 16.5. The molecule has 0 saturated heterocycles.